The maximum atomic E-state index is 6.32. The molecule has 3 rings (SSSR count). The largest absolute Gasteiger partial charge is 0.496 e. The Labute approximate surface area is 155 Å². The highest BCUT2D eigenvalue weighted by atomic mass is 16.5. The van der Waals surface area contributed by atoms with Gasteiger partial charge in [-0.15, -0.1) is 0 Å². The van der Waals surface area contributed by atoms with Crippen LogP contribution in [0, 0.1) is 0 Å². The zero-order valence-electron chi connectivity index (χ0n) is 16.0. The van der Waals surface area contributed by atoms with E-state index in [9.17, 15) is 0 Å². The molecule has 0 aliphatic heterocycles. The molecule has 0 unspecified atom stereocenters. The predicted molar refractivity (Wildman–Crippen MR) is 108 cm³/mol. The van der Waals surface area contributed by atoms with Gasteiger partial charge >= 0.3 is 0 Å². The molecule has 4 nitrogen and oxygen atoms in total. The molecule has 0 radical (unpaired) electrons. The number of fused-ring (bicyclic) bond motifs is 2. The van der Waals surface area contributed by atoms with Crippen molar-refractivity contribution >= 4 is 21.5 Å². The second-order valence-corrected chi connectivity index (χ2v) is 6.68. The van der Waals surface area contributed by atoms with E-state index in [4.69, 9.17) is 14.2 Å². The second-order valence-electron chi connectivity index (χ2n) is 6.68. The zero-order chi connectivity index (χ0) is 18.5. The van der Waals surface area contributed by atoms with Crippen LogP contribution < -0.4 is 14.2 Å². The van der Waals surface area contributed by atoms with Crippen LogP contribution in [-0.2, 0) is 0 Å². The Morgan fingerprint density at radius 1 is 0.808 bits per heavy atom. The van der Waals surface area contributed by atoms with Crippen LogP contribution in [0.2, 0.25) is 0 Å². The van der Waals surface area contributed by atoms with Crippen LogP contribution in [0.5, 0.6) is 17.2 Å². The highest BCUT2D eigenvalue weighted by molar-refractivity contribution is 6.10. The van der Waals surface area contributed by atoms with Gasteiger partial charge in [0, 0.05) is 0 Å². The third-order valence-electron chi connectivity index (χ3n) is 4.57. The van der Waals surface area contributed by atoms with Gasteiger partial charge in [0.2, 0.25) is 0 Å². The molecule has 0 spiro atoms. The van der Waals surface area contributed by atoms with E-state index in [1.54, 1.807) is 14.2 Å². The number of rotatable bonds is 8. The minimum Gasteiger partial charge on any atom is -0.496 e. The monoisotopic (exact) mass is 353 g/mol. The van der Waals surface area contributed by atoms with Gasteiger partial charge < -0.3 is 19.1 Å². The van der Waals surface area contributed by atoms with Gasteiger partial charge in [-0.3, -0.25) is 0 Å². The Morgan fingerprint density at radius 2 is 1.38 bits per heavy atom. The van der Waals surface area contributed by atoms with Gasteiger partial charge in [0.05, 0.1) is 31.6 Å². The molecule has 3 aromatic carbocycles. The molecule has 0 saturated carbocycles. The number of ether oxygens (including phenoxy) is 3. The normalized spacial score (nSPS) is 11.3. The molecule has 0 amide bonds. The van der Waals surface area contributed by atoms with Gasteiger partial charge in [0.15, 0.2) is 0 Å². The molecule has 0 aromatic heterocycles. The summed E-state index contributed by atoms with van der Waals surface area (Å²) >= 11 is 0. The molecule has 0 N–H and O–H groups in total. The lowest BCUT2D eigenvalue weighted by atomic mass is 10.0. The van der Waals surface area contributed by atoms with E-state index in [1.165, 1.54) is 0 Å². The van der Waals surface area contributed by atoms with Crippen LogP contribution in [0.15, 0.2) is 42.5 Å². The second kappa shape index (κ2) is 8.28. The molecule has 0 atom stereocenters. The Morgan fingerprint density at radius 3 is 1.88 bits per heavy atom. The van der Waals surface area contributed by atoms with E-state index in [-0.39, 0.29) is 0 Å². The van der Waals surface area contributed by atoms with E-state index < -0.39 is 0 Å². The fourth-order valence-corrected chi connectivity index (χ4v) is 3.30. The summed E-state index contributed by atoms with van der Waals surface area (Å²) in [6, 6.07) is 14.3. The van der Waals surface area contributed by atoms with Crippen LogP contribution >= 0.6 is 0 Å². The molecule has 0 aliphatic carbocycles. The van der Waals surface area contributed by atoms with Crippen LogP contribution in [0.3, 0.4) is 0 Å². The number of hydrogen-bond acceptors (Lipinski definition) is 4. The lowest BCUT2D eigenvalue weighted by molar-refractivity contribution is 0.297. The molecule has 3 aromatic rings. The smallest absolute Gasteiger partial charge is 0.142 e. The summed E-state index contributed by atoms with van der Waals surface area (Å²) in [5, 5.41) is 4.21. The van der Waals surface area contributed by atoms with Crippen LogP contribution in [0.4, 0.5) is 0 Å². The van der Waals surface area contributed by atoms with Crippen molar-refractivity contribution in [2.75, 3.05) is 41.5 Å². The quantitative estimate of drug-likeness (QED) is 0.433. The lowest BCUT2D eigenvalue weighted by Crippen LogP contribution is -2.13. The number of nitrogens with zero attached hydrogens (tertiary/aromatic N) is 1. The molecule has 0 heterocycles. The highest BCUT2D eigenvalue weighted by Crippen LogP contribution is 2.43. The van der Waals surface area contributed by atoms with Crippen molar-refractivity contribution in [2.24, 2.45) is 0 Å². The van der Waals surface area contributed by atoms with Gasteiger partial charge in [-0.25, -0.2) is 0 Å². The first-order valence-corrected chi connectivity index (χ1v) is 8.99. The molecule has 138 valence electrons. The molecular weight excluding hydrogens is 326 g/mol. The van der Waals surface area contributed by atoms with E-state index in [2.05, 4.69) is 37.2 Å². The standard InChI is InChI=1S/C22H27NO3/c1-23(2)13-5-6-14-26-22-20-16(9-7-11-18(20)24-3)15-17-10-8-12-19(25-4)21(17)22/h7-12,15H,5-6,13-14H2,1-4H3. The molecule has 0 saturated heterocycles. The summed E-state index contributed by atoms with van der Waals surface area (Å²) in [7, 11) is 7.58. The third kappa shape index (κ3) is 3.70. The zero-order valence-corrected chi connectivity index (χ0v) is 16.0. The minimum atomic E-state index is 0.665. The Balaban J connectivity index is 2.08. The van der Waals surface area contributed by atoms with E-state index in [1.807, 2.05) is 24.3 Å². The van der Waals surface area contributed by atoms with Crippen molar-refractivity contribution in [3.05, 3.63) is 42.5 Å². The van der Waals surface area contributed by atoms with Gasteiger partial charge in [-0.2, -0.15) is 0 Å². The first kappa shape index (κ1) is 18.3. The molecule has 4 heteroatoms. The summed E-state index contributed by atoms with van der Waals surface area (Å²) in [4.78, 5) is 2.19. The van der Waals surface area contributed by atoms with E-state index >= 15 is 0 Å². The van der Waals surface area contributed by atoms with Crippen molar-refractivity contribution in [1.82, 2.24) is 4.90 Å². The molecule has 26 heavy (non-hydrogen) atoms. The van der Waals surface area contributed by atoms with Crippen molar-refractivity contribution < 1.29 is 14.2 Å². The number of hydrogen-bond donors (Lipinski definition) is 0. The van der Waals surface area contributed by atoms with Gasteiger partial charge in [0.1, 0.15) is 17.2 Å². The lowest BCUT2D eigenvalue weighted by Gasteiger charge is -2.17. The fourth-order valence-electron chi connectivity index (χ4n) is 3.30. The summed E-state index contributed by atoms with van der Waals surface area (Å²) in [5.74, 6) is 2.48. The Kier molecular flexibility index (Phi) is 5.84. The van der Waals surface area contributed by atoms with Crippen molar-refractivity contribution in [3.63, 3.8) is 0 Å². The molecule has 0 fully saturated rings. The fraction of sp³-hybridized carbons (Fsp3) is 0.364. The van der Waals surface area contributed by atoms with Crippen molar-refractivity contribution in [1.29, 1.82) is 0 Å². The third-order valence-corrected chi connectivity index (χ3v) is 4.57. The van der Waals surface area contributed by atoms with Gasteiger partial charge in [-0.05, 0) is 62.5 Å². The van der Waals surface area contributed by atoms with Crippen LogP contribution in [0.25, 0.3) is 21.5 Å². The SMILES string of the molecule is COc1cccc2cc3cccc(OC)c3c(OCCCCN(C)C)c12. The average molecular weight is 353 g/mol. The maximum Gasteiger partial charge on any atom is 0.142 e. The minimum absolute atomic E-state index is 0.665. The summed E-state index contributed by atoms with van der Waals surface area (Å²) in [5.41, 5.74) is 0. The number of benzene rings is 3. The number of methoxy groups -OCH3 is 2. The maximum absolute atomic E-state index is 6.32. The van der Waals surface area contributed by atoms with Crippen molar-refractivity contribution in [3.8, 4) is 17.2 Å². The summed E-state index contributed by atoms with van der Waals surface area (Å²) < 4.78 is 17.6. The van der Waals surface area contributed by atoms with Gasteiger partial charge in [0.25, 0.3) is 0 Å². The number of unbranched alkanes of at least 4 members (excludes halogenated alkanes) is 1. The predicted octanol–water partition coefficient (Wildman–Crippen LogP) is 4.73. The van der Waals surface area contributed by atoms with Crippen molar-refractivity contribution in [2.45, 2.75) is 12.8 Å². The van der Waals surface area contributed by atoms with E-state index in [0.29, 0.717) is 6.61 Å². The van der Waals surface area contributed by atoms with E-state index in [0.717, 1.165) is 58.2 Å². The van der Waals surface area contributed by atoms with Crippen LogP contribution in [-0.4, -0.2) is 46.4 Å². The topological polar surface area (TPSA) is 30.9 Å². The van der Waals surface area contributed by atoms with Crippen LogP contribution in [0.1, 0.15) is 12.8 Å². The highest BCUT2D eigenvalue weighted by Gasteiger charge is 2.16. The summed E-state index contributed by atoms with van der Waals surface area (Å²) in [6.07, 6.45) is 2.10. The summed E-state index contributed by atoms with van der Waals surface area (Å²) in [6.45, 7) is 1.73. The molecule has 0 bridgehead atoms. The average Bonchev–Trinajstić information content (AvgIpc) is 2.65. The first-order valence-electron chi connectivity index (χ1n) is 8.99. The van der Waals surface area contributed by atoms with Gasteiger partial charge in [-0.1, -0.05) is 24.3 Å². The molecule has 0 aliphatic rings. The first-order chi connectivity index (χ1) is 12.7. The Hall–Kier alpha value is -2.46. The molecular formula is C22H27NO3. The Bertz CT molecular complexity index is 827.